The van der Waals surface area contributed by atoms with Crippen molar-refractivity contribution in [2.45, 2.75) is 18.8 Å². The smallest absolute Gasteiger partial charge is 0.129 e. The largest absolute Gasteiger partial charge is 0.316 e. The van der Waals surface area contributed by atoms with Crippen LogP contribution in [0.3, 0.4) is 0 Å². The minimum atomic E-state index is -0.490. The van der Waals surface area contributed by atoms with Gasteiger partial charge in [-0.15, -0.1) is 0 Å². The van der Waals surface area contributed by atoms with Gasteiger partial charge < -0.3 is 5.32 Å². The molecule has 0 amide bonds. The fourth-order valence-corrected chi connectivity index (χ4v) is 2.81. The number of hydrogen-bond donors (Lipinski definition) is 1. The number of rotatable bonds is 1. The topological polar surface area (TPSA) is 12.0 Å². The number of hydrogen-bond acceptors (Lipinski definition) is 1. The van der Waals surface area contributed by atoms with Crippen molar-refractivity contribution in [1.29, 1.82) is 0 Å². The summed E-state index contributed by atoms with van der Waals surface area (Å²) in [4.78, 5) is 0. The molecule has 1 unspecified atom stereocenters. The fourth-order valence-electron chi connectivity index (χ4n) is 2.81. The van der Waals surface area contributed by atoms with Crippen molar-refractivity contribution in [1.82, 2.24) is 5.32 Å². The second-order valence-corrected chi connectivity index (χ2v) is 4.71. The van der Waals surface area contributed by atoms with Crippen molar-refractivity contribution >= 4 is 0 Å². The maximum atomic E-state index is 13.5. The van der Waals surface area contributed by atoms with Gasteiger partial charge >= 0.3 is 0 Å². The highest BCUT2D eigenvalue weighted by Crippen LogP contribution is 2.62. The molecule has 2 atom stereocenters. The Balaban J connectivity index is 1.89. The van der Waals surface area contributed by atoms with Crippen LogP contribution in [-0.2, 0) is 0 Å². The predicted molar refractivity (Wildman–Crippen MR) is 53.6 cm³/mol. The number of benzene rings is 1. The molecule has 1 heterocycles. The van der Waals surface area contributed by atoms with Gasteiger partial charge in [0.15, 0.2) is 0 Å². The summed E-state index contributed by atoms with van der Waals surface area (Å²) in [7, 11) is 0. The normalized spacial score (nSPS) is 33.6. The molecule has 0 bridgehead atoms. The SMILES string of the molecule is Fc1ccc(C2C[C@]23CCNC3)c(F)c1. The van der Waals surface area contributed by atoms with Crippen LogP contribution >= 0.6 is 0 Å². The zero-order valence-corrected chi connectivity index (χ0v) is 8.39. The Morgan fingerprint density at radius 1 is 1.33 bits per heavy atom. The molecule has 1 aromatic rings. The van der Waals surface area contributed by atoms with Gasteiger partial charge in [0.25, 0.3) is 0 Å². The van der Waals surface area contributed by atoms with Gasteiger partial charge in [-0.2, -0.15) is 0 Å². The van der Waals surface area contributed by atoms with Crippen LogP contribution < -0.4 is 5.32 Å². The van der Waals surface area contributed by atoms with Gasteiger partial charge in [-0.25, -0.2) is 8.78 Å². The highest BCUT2D eigenvalue weighted by Gasteiger charge is 2.56. The van der Waals surface area contributed by atoms with Crippen molar-refractivity contribution in [2.24, 2.45) is 5.41 Å². The number of nitrogens with one attached hydrogen (secondary N) is 1. The zero-order valence-electron chi connectivity index (χ0n) is 8.39. The van der Waals surface area contributed by atoms with Crippen LogP contribution in [0, 0.1) is 17.0 Å². The predicted octanol–water partition coefficient (Wildman–Crippen LogP) is 2.43. The third kappa shape index (κ3) is 1.37. The van der Waals surface area contributed by atoms with Crippen molar-refractivity contribution < 1.29 is 8.78 Å². The van der Waals surface area contributed by atoms with E-state index in [1.54, 1.807) is 6.07 Å². The van der Waals surface area contributed by atoms with E-state index >= 15 is 0 Å². The first kappa shape index (κ1) is 9.28. The summed E-state index contributed by atoms with van der Waals surface area (Å²) in [5.74, 6) is -0.577. The van der Waals surface area contributed by atoms with Crippen LogP contribution in [0.2, 0.25) is 0 Å². The summed E-state index contributed by atoms with van der Waals surface area (Å²) in [5.41, 5.74) is 0.971. The Hall–Kier alpha value is -0.960. The van der Waals surface area contributed by atoms with Crippen LogP contribution in [0.15, 0.2) is 18.2 Å². The summed E-state index contributed by atoms with van der Waals surface area (Å²) in [6.45, 7) is 2.01. The lowest BCUT2D eigenvalue weighted by atomic mass is 9.98. The minimum Gasteiger partial charge on any atom is -0.316 e. The molecule has 2 aliphatic rings. The third-order valence-electron chi connectivity index (χ3n) is 3.80. The van der Waals surface area contributed by atoms with Gasteiger partial charge in [0.1, 0.15) is 11.6 Å². The number of halogens is 2. The first-order chi connectivity index (χ1) is 7.21. The highest BCUT2D eigenvalue weighted by molar-refractivity contribution is 5.32. The molecule has 1 nitrogen and oxygen atoms in total. The van der Waals surface area contributed by atoms with Crippen LogP contribution in [0.4, 0.5) is 8.78 Å². The molecule has 0 radical (unpaired) electrons. The molecule has 80 valence electrons. The molecule has 1 N–H and O–H groups in total. The molecule has 1 saturated carbocycles. The zero-order chi connectivity index (χ0) is 10.5. The summed E-state index contributed by atoms with van der Waals surface area (Å²) in [6, 6.07) is 3.94. The molecule has 1 spiro atoms. The standard InChI is InChI=1S/C12H13F2N/c13-8-1-2-9(11(14)5-8)10-6-12(10)3-4-15-7-12/h1-2,5,10,15H,3-4,6-7H2/t10?,12-/m0/s1. The lowest BCUT2D eigenvalue weighted by molar-refractivity contribution is 0.526. The van der Waals surface area contributed by atoms with Gasteiger partial charge in [-0.1, -0.05) is 6.07 Å². The molecule has 1 aromatic carbocycles. The average Bonchev–Trinajstić information content (AvgIpc) is 2.67. The van der Waals surface area contributed by atoms with E-state index in [1.165, 1.54) is 6.07 Å². The quantitative estimate of drug-likeness (QED) is 0.749. The van der Waals surface area contributed by atoms with Crippen LogP contribution in [0.1, 0.15) is 24.3 Å². The van der Waals surface area contributed by atoms with Crippen LogP contribution in [0.25, 0.3) is 0 Å². The highest BCUT2D eigenvalue weighted by atomic mass is 19.1. The van der Waals surface area contributed by atoms with E-state index in [0.29, 0.717) is 11.5 Å². The van der Waals surface area contributed by atoms with E-state index in [1.807, 2.05) is 0 Å². The summed E-state index contributed by atoms with van der Waals surface area (Å²) in [5, 5.41) is 3.31. The van der Waals surface area contributed by atoms with E-state index in [2.05, 4.69) is 5.32 Å². The first-order valence-corrected chi connectivity index (χ1v) is 5.37. The van der Waals surface area contributed by atoms with Gasteiger partial charge in [-0.3, -0.25) is 0 Å². The van der Waals surface area contributed by atoms with Crippen molar-refractivity contribution in [3.05, 3.63) is 35.4 Å². The average molecular weight is 209 g/mol. The Morgan fingerprint density at radius 3 is 2.87 bits per heavy atom. The van der Waals surface area contributed by atoms with Gasteiger partial charge in [0.2, 0.25) is 0 Å². The van der Waals surface area contributed by atoms with E-state index < -0.39 is 5.82 Å². The van der Waals surface area contributed by atoms with Crippen LogP contribution in [0.5, 0.6) is 0 Å². The summed E-state index contributed by atoms with van der Waals surface area (Å²) in [6.07, 6.45) is 2.16. The molecule has 1 aliphatic heterocycles. The molecular formula is C12H13F2N. The second kappa shape index (κ2) is 3.01. The van der Waals surface area contributed by atoms with E-state index in [4.69, 9.17) is 0 Å². The molecule has 0 aromatic heterocycles. The van der Waals surface area contributed by atoms with Crippen molar-refractivity contribution in [3.8, 4) is 0 Å². The Bertz CT molecular complexity index is 397. The minimum absolute atomic E-state index is 0.276. The lowest BCUT2D eigenvalue weighted by Gasteiger charge is -2.08. The van der Waals surface area contributed by atoms with Crippen LogP contribution in [-0.4, -0.2) is 13.1 Å². The summed E-state index contributed by atoms with van der Waals surface area (Å²) < 4.78 is 26.3. The maximum absolute atomic E-state index is 13.5. The van der Waals surface area contributed by atoms with Gasteiger partial charge in [0, 0.05) is 12.6 Å². The Morgan fingerprint density at radius 2 is 2.20 bits per heavy atom. The monoisotopic (exact) mass is 209 g/mol. The maximum Gasteiger partial charge on any atom is 0.129 e. The van der Waals surface area contributed by atoms with Crippen molar-refractivity contribution in [2.75, 3.05) is 13.1 Å². The Kier molecular flexibility index (Phi) is 1.87. The first-order valence-electron chi connectivity index (χ1n) is 5.37. The lowest BCUT2D eigenvalue weighted by Crippen LogP contribution is -2.11. The van der Waals surface area contributed by atoms with E-state index in [0.717, 1.165) is 32.0 Å². The fraction of sp³-hybridized carbons (Fsp3) is 0.500. The van der Waals surface area contributed by atoms with Gasteiger partial charge in [-0.05, 0) is 42.3 Å². The van der Waals surface area contributed by atoms with Crippen molar-refractivity contribution in [3.63, 3.8) is 0 Å². The molecule has 2 fully saturated rings. The molecule has 3 heteroatoms. The second-order valence-electron chi connectivity index (χ2n) is 4.71. The molecular weight excluding hydrogens is 196 g/mol. The summed E-state index contributed by atoms with van der Waals surface area (Å²) >= 11 is 0. The van der Waals surface area contributed by atoms with E-state index in [9.17, 15) is 8.78 Å². The molecule has 3 rings (SSSR count). The molecule has 1 aliphatic carbocycles. The van der Waals surface area contributed by atoms with E-state index in [-0.39, 0.29) is 11.2 Å². The third-order valence-corrected chi connectivity index (χ3v) is 3.80. The Labute approximate surface area is 87.5 Å². The molecule has 1 saturated heterocycles. The molecule has 15 heavy (non-hydrogen) atoms. The van der Waals surface area contributed by atoms with Gasteiger partial charge in [0.05, 0.1) is 0 Å².